The number of halogens is 2. The quantitative estimate of drug-likeness (QED) is 0.705. The number of benzene rings is 1. The fraction of sp³-hybridized carbons (Fsp3) is 0.389. The van der Waals surface area contributed by atoms with Gasteiger partial charge in [-0.1, -0.05) is 30.3 Å². The summed E-state index contributed by atoms with van der Waals surface area (Å²) in [5.41, 5.74) is 0.645. The fourth-order valence-corrected chi connectivity index (χ4v) is 3.28. The molecule has 2 unspecified atom stereocenters. The van der Waals surface area contributed by atoms with Crippen molar-refractivity contribution in [1.82, 2.24) is 20.2 Å². The number of hydrogen-bond acceptors (Lipinski definition) is 5. The van der Waals surface area contributed by atoms with Crippen LogP contribution < -0.4 is 5.32 Å². The van der Waals surface area contributed by atoms with E-state index in [-0.39, 0.29) is 17.7 Å². The molecule has 0 amide bonds. The third-order valence-electron chi connectivity index (χ3n) is 4.67. The largest absolute Gasteiger partial charge is 0.371 e. The molecule has 2 atom stereocenters. The number of fused-ring (bicyclic) bond motifs is 1. The highest BCUT2D eigenvalue weighted by molar-refractivity contribution is 5.85. The Morgan fingerprint density at radius 3 is 2.88 bits per heavy atom. The molecule has 2 N–H and O–H groups in total. The first-order chi connectivity index (χ1) is 12.6. The van der Waals surface area contributed by atoms with Crippen molar-refractivity contribution in [2.75, 3.05) is 11.9 Å². The van der Waals surface area contributed by atoms with Crippen molar-refractivity contribution < 1.29 is 13.5 Å². The molecule has 2 aromatic heterocycles. The number of nitrogens with zero attached hydrogens (tertiary/aromatic N) is 3. The third-order valence-corrected chi connectivity index (χ3v) is 4.67. The van der Waals surface area contributed by atoms with Crippen molar-refractivity contribution in [2.24, 2.45) is 0 Å². The van der Waals surface area contributed by atoms with Crippen molar-refractivity contribution in [1.29, 1.82) is 0 Å². The van der Waals surface area contributed by atoms with E-state index in [1.807, 2.05) is 0 Å². The topological polar surface area (TPSA) is 75.7 Å². The second-order valence-electron chi connectivity index (χ2n) is 6.51. The Bertz CT molecular complexity index is 870. The van der Waals surface area contributed by atoms with Gasteiger partial charge in [-0.3, -0.25) is 5.10 Å². The molecule has 136 valence electrons. The van der Waals surface area contributed by atoms with Crippen LogP contribution in [0.25, 0.3) is 11.0 Å². The van der Waals surface area contributed by atoms with Crippen LogP contribution in [0.2, 0.25) is 0 Å². The SMILES string of the molecule is FC(F)(COC1CCC(Nc2ncnc3[nH]ncc23)C1)c1ccccc1. The van der Waals surface area contributed by atoms with E-state index >= 15 is 0 Å². The lowest BCUT2D eigenvalue weighted by molar-refractivity contribution is -0.103. The molecule has 1 aromatic carbocycles. The molecule has 8 heteroatoms. The Kier molecular flexibility index (Phi) is 4.50. The molecule has 1 saturated carbocycles. The van der Waals surface area contributed by atoms with E-state index in [0.29, 0.717) is 17.9 Å². The Hall–Kier alpha value is -2.61. The van der Waals surface area contributed by atoms with Crippen molar-refractivity contribution in [3.63, 3.8) is 0 Å². The zero-order valence-corrected chi connectivity index (χ0v) is 14.0. The van der Waals surface area contributed by atoms with Crippen LogP contribution in [0.5, 0.6) is 0 Å². The standard InChI is InChI=1S/C18H19F2N5O/c19-18(20,12-4-2-1-3-5-12)10-26-14-7-6-13(8-14)24-16-15-9-23-25-17(15)22-11-21-16/h1-5,9,11,13-14H,6-8,10H2,(H2,21,22,23,24,25). The van der Waals surface area contributed by atoms with E-state index in [0.717, 1.165) is 18.2 Å². The van der Waals surface area contributed by atoms with Crippen LogP contribution in [-0.4, -0.2) is 38.9 Å². The van der Waals surface area contributed by atoms with Gasteiger partial charge in [-0.2, -0.15) is 13.9 Å². The lowest BCUT2D eigenvalue weighted by Gasteiger charge is -2.20. The van der Waals surface area contributed by atoms with Crippen LogP contribution in [0.4, 0.5) is 14.6 Å². The highest BCUT2D eigenvalue weighted by Crippen LogP contribution is 2.32. The van der Waals surface area contributed by atoms with E-state index < -0.39 is 12.5 Å². The summed E-state index contributed by atoms with van der Waals surface area (Å²) in [5.74, 6) is -2.29. The number of ether oxygens (including phenoxy) is 1. The molecule has 0 bridgehead atoms. The fourth-order valence-electron chi connectivity index (χ4n) is 3.28. The van der Waals surface area contributed by atoms with Gasteiger partial charge in [-0.05, 0) is 19.3 Å². The first-order valence-electron chi connectivity index (χ1n) is 8.57. The predicted molar refractivity (Wildman–Crippen MR) is 93.0 cm³/mol. The van der Waals surface area contributed by atoms with Crippen molar-refractivity contribution in [2.45, 2.75) is 37.3 Å². The summed E-state index contributed by atoms with van der Waals surface area (Å²) in [4.78, 5) is 8.35. The number of anilines is 1. The molecule has 0 aliphatic heterocycles. The van der Waals surface area contributed by atoms with Gasteiger partial charge in [0.1, 0.15) is 18.8 Å². The molecule has 0 spiro atoms. The molecule has 4 rings (SSSR count). The van der Waals surface area contributed by atoms with E-state index in [1.54, 1.807) is 24.4 Å². The molecule has 3 aromatic rings. The highest BCUT2D eigenvalue weighted by Gasteiger charge is 2.34. The maximum Gasteiger partial charge on any atom is 0.296 e. The molecular formula is C18H19F2N5O. The summed E-state index contributed by atoms with van der Waals surface area (Å²) in [7, 11) is 0. The maximum atomic E-state index is 14.2. The first-order valence-corrected chi connectivity index (χ1v) is 8.57. The monoisotopic (exact) mass is 359 g/mol. The average Bonchev–Trinajstić information content (AvgIpc) is 3.31. The number of H-pyrrole nitrogens is 1. The van der Waals surface area contributed by atoms with Gasteiger partial charge in [0.05, 0.1) is 17.7 Å². The highest BCUT2D eigenvalue weighted by atomic mass is 19.3. The Morgan fingerprint density at radius 1 is 1.19 bits per heavy atom. The molecular weight excluding hydrogens is 340 g/mol. The van der Waals surface area contributed by atoms with E-state index in [4.69, 9.17) is 4.74 Å². The molecule has 1 aliphatic rings. The van der Waals surface area contributed by atoms with E-state index in [2.05, 4.69) is 25.5 Å². The average molecular weight is 359 g/mol. The molecule has 2 heterocycles. The minimum absolute atomic E-state index is 0.0176. The minimum atomic E-state index is -2.98. The van der Waals surface area contributed by atoms with E-state index in [1.165, 1.54) is 18.5 Å². The second-order valence-corrected chi connectivity index (χ2v) is 6.51. The third kappa shape index (κ3) is 3.50. The summed E-state index contributed by atoms with van der Waals surface area (Å²) in [5, 5.41) is 10.9. The van der Waals surface area contributed by atoms with Crippen LogP contribution in [0.1, 0.15) is 24.8 Å². The second kappa shape index (κ2) is 6.95. The lowest BCUT2D eigenvalue weighted by Crippen LogP contribution is -2.25. The minimum Gasteiger partial charge on any atom is -0.371 e. The van der Waals surface area contributed by atoms with Gasteiger partial charge in [-0.25, -0.2) is 9.97 Å². The zero-order valence-electron chi connectivity index (χ0n) is 14.0. The van der Waals surface area contributed by atoms with Crippen LogP contribution >= 0.6 is 0 Å². The zero-order chi connectivity index (χ0) is 18.0. The number of rotatable bonds is 6. The smallest absolute Gasteiger partial charge is 0.296 e. The van der Waals surface area contributed by atoms with Gasteiger partial charge >= 0.3 is 0 Å². The number of nitrogens with one attached hydrogen (secondary N) is 2. The number of aromatic amines is 1. The first kappa shape index (κ1) is 16.8. The molecule has 6 nitrogen and oxygen atoms in total. The lowest BCUT2D eigenvalue weighted by atomic mass is 10.1. The summed E-state index contributed by atoms with van der Waals surface area (Å²) in [6.45, 7) is -0.603. The molecule has 1 aliphatic carbocycles. The maximum absolute atomic E-state index is 14.2. The number of alkyl halides is 2. The van der Waals surface area contributed by atoms with Gasteiger partial charge in [0.25, 0.3) is 5.92 Å². The predicted octanol–water partition coefficient (Wildman–Crippen LogP) is 3.49. The number of hydrogen-bond donors (Lipinski definition) is 2. The van der Waals surface area contributed by atoms with E-state index in [9.17, 15) is 8.78 Å². The molecule has 0 saturated heterocycles. The molecule has 1 fully saturated rings. The van der Waals surface area contributed by atoms with Crippen LogP contribution in [-0.2, 0) is 10.7 Å². The summed E-state index contributed by atoms with van der Waals surface area (Å²) in [6, 6.07) is 7.91. The Balaban J connectivity index is 1.33. The molecule has 26 heavy (non-hydrogen) atoms. The van der Waals surface area contributed by atoms with Gasteiger partial charge in [-0.15, -0.1) is 0 Å². The van der Waals surface area contributed by atoms with Gasteiger partial charge in [0.15, 0.2) is 5.65 Å². The van der Waals surface area contributed by atoms with Crippen molar-refractivity contribution in [3.8, 4) is 0 Å². The van der Waals surface area contributed by atoms with Crippen LogP contribution in [0.15, 0.2) is 42.9 Å². The van der Waals surface area contributed by atoms with Crippen LogP contribution in [0.3, 0.4) is 0 Å². The summed E-state index contributed by atoms with van der Waals surface area (Å²) < 4.78 is 34.0. The van der Waals surface area contributed by atoms with Crippen molar-refractivity contribution in [3.05, 3.63) is 48.4 Å². The van der Waals surface area contributed by atoms with Gasteiger partial charge in [0.2, 0.25) is 0 Å². The van der Waals surface area contributed by atoms with Gasteiger partial charge in [0, 0.05) is 11.6 Å². The Labute approximate surface area is 149 Å². The summed E-state index contributed by atoms with van der Waals surface area (Å²) >= 11 is 0. The Morgan fingerprint density at radius 2 is 2.04 bits per heavy atom. The number of aromatic nitrogens is 4. The normalized spacial score (nSPS) is 20.5. The molecule has 0 radical (unpaired) electrons. The summed E-state index contributed by atoms with van der Waals surface area (Å²) in [6.07, 6.45) is 5.18. The van der Waals surface area contributed by atoms with Gasteiger partial charge < -0.3 is 10.1 Å². The van der Waals surface area contributed by atoms with Crippen LogP contribution in [0, 0.1) is 0 Å². The van der Waals surface area contributed by atoms with Crippen molar-refractivity contribution >= 4 is 16.9 Å².